The van der Waals surface area contributed by atoms with Gasteiger partial charge in [-0.3, -0.25) is 0 Å². The smallest absolute Gasteiger partial charge is 0.165 e. The molecule has 0 aliphatic rings. The molecule has 0 aliphatic carbocycles. The molecule has 5 heteroatoms. The quantitative estimate of drug-likeness (QED) is 0.749. The van der Waals surface area contributed by atoms with E-state index in [0.717, 1.165) is 6.07 Å². The van der Waals surface area contributed by atoms with Crippen LogP contribution in [0.5, 0.6) is 5.75 Å². The summed E-state index contributed by atoms with van der Waals surface area (Å²) in [6, 6.07) is 3.72. The fraction of sp³-hybridized carbons (Fsp3) is 0.273. The Hall–Kier alpha value is -1.54. The zero-order chi connectivity index (χ0) is 12.2. The SMILES string of the molecule is C#CCS(=O)(=O)Cc1cc(F)ccc1OC. The van der Waals surface area contributed by atoms with Crippen LogP contribution in [-0.4, -0.2) is 21.3 Å². The number of ether oxygens (including phenoxy) is 1. The number of benzene rings is 1. The highest BCUT2D eigenvalue weighted by Crippen LogP contribution is 2.21. The molecule has 1 aromatic carbocycles. The zero-order valence-corrected chi connectivity index (χ0v) is 9.55. The van der Waals surface area contributed by atoms with Crippen LogP contribution in [0.1, 0.15) is 5.56 Å². The molecule has 0 aromatic heterocycles. The second-order valence-electron chi connectivity index (χ2n) is 3.19. The van der Waals surface area contributed by atoms with Crippen molar-refractivity contribution >= 4 is 9.84 Å². The van der Waals surface area contributed by atoms with E-state index in [9.17, 15) is 12.8 Å². The van der Waals surface area contributed by atoms with Crippen molar-refractivity contribution in [2.75, 3.05) is 12.9 Å². The maximum atomic E-state index is 13.0. The first-order chi connectivity index (χ1) is 7.48. The summed E-state index contributed by atoms with van der Waals surface area (Å²) in [6.07, 6.45) is 4.93. The van der Waals surface area contributed by atoms with Crippen LogP contribution in [0, 0.1) is 18.2 Å². The van der Waals surface area contributed by atoms with Crippen LogP contribution in [0.4, 0.5) is 4.39 Å². The van der Waals surface area contributed by atoms with Gasteiger partial charge in [0.1, 0.15) is 17.3 Å². The molecule has 0 bridgehead atoms. The zero-order valence-electron chi connectivity index (χ0n) is 8.73. The Labute approximate surface area is 94.2 Å². The van der Waals surface area contributed by atoms with Gasteiger partial charge >= 0.3 is 0 Å². The molecule has 0 aliphatic heterocycles. The molecule has 0 heterocycles. The van der Waals surface area contributed by atoms with E-state index in [1.54, 1.807) is 0 Å². The minimum absolute atomic E-state index is 0.276. The lowest BCUT2D eigenvalue weighted by atomic mass is 10.2. The van der Waals surface area contributed by atoms with E-state index in [0.29, 0.717) is 5.75 Å². The largest absolute Gasteiger partial charge is 0.496 e. The topological polar surface area (TPSA) is 43.4 Å². The summed E-state index contributed by atoms with van der Waals surface area (Å²) in [5.41, 5.74) is 0.276. The summed E-state index contributed by atoms with van der Waals surface area (Å²) < 4.78 is 40.8. The second-order valence-corrected chi connectivity index (χ2v) is 5.26. The van der Waals surface area contributed by atoms with Crippen molar-refractivity contribution in [3.63, 3.8) is 0 Å². The highest BCUT2D eigenvalue weighted by atomic mass is 32.2. The summed E-state index contributed by atoms with van der Waals surface area (Å²) in [4.78, 5) is 0. The van der Waals surface area contributed by atoms with Crippen molar-refractivity contribution in [1.29, 1.82) is 0 Å². The third-order valence-corrected chi connectivity index (χ3v) is 3.28. The average molecular weight is 242 g/mol. The molecule has 0 radical (unpaired) electrons. The molecule has 1 aromatic rings. The highest BCUT2D eigenvalue weighted by Gasteiger charge is 2.14. The molecular formula is C11H11FO3S. The van der Waals surface area contributed by atoms with E-state index < -0.39 is 15.7 Å². The van der Waals surface area contributed by atoms with Gasteiger partial charge in [-0.15, -0.1) is 6.42 Å². The van der Waals surface area contributed by atoms with Gasteiger partial charge in [-0.05, 0) is 18.2 Å². The molecule has 0 saturated carbocycles. The maximum Gasteiger partial charge on any atom is 0.165 e. The van der Waals surface area contributed by atoms with Crippen molar-refractivity contribution in [1.82, 2.24) is 0 Å². The Bertz CT molecular complexity index is 515. The number of hydrogen-bond acceptors (Lipinski definition) is 3. The number of hydrogen-bond donors (Lipinski definition) is 0. The first kappa shape index (κ1) is 12.5. The van der Waals surface area contributed by atoms with Gasteiger partial charge in [-0.1, -0.05) is 5.92 Å². The van der Waals surface area contributed by atoms with Crippen LogP contribution in [0.3, 0.4) is 0 Å². The number of terminal acetylenes is 1. The predicted octanol–water partition coefficient (Wildman–Crippen LogP) is 1.38. The highest BCUT2D eigenvalue weighted by molar-refractivity contribution is 7.90. The maximum absolute atomic E-state index is 13.0. The summed E-state index contributed by atoms with van der Waals surface area (Å²) in [5.74, 6) is 1.20. The summed E-state index contributed by atoms with van der Waals surface area (Å²) in [5, 5.41) is 0. The van der Waals surface area contributed by atoms with E-state index >= 15 is 0 Å². The van der Waals surface area contributed by atoms with Crippen molar-refractivity contribution in [3.8, 4) is 18.1 Å². The van der Waals surface area contributed by atoms with E-state index in [1.165, 1.54) is 19.2 Å². The Morgan fingerprint density at radius 3 is 2.75 bits per heavy atom. The van der Waals surface area contributed by atoms with Gasteiger partial charge in [0.2, 0.25) is 0 Å². The molecule has 0 amide bonds. The van der Waals surface area contributed by atoms with E-state index in [4.69, 9.17) is 11.2 Å². The minimum atomic E-state index is -3.42. The lowest BCUT2D eigenvalue weighted by molar-refractivity contribution is 0.409. The number of sulfone groups is 1. The molecule has 16 heavy (non-hydrogen) atoms. The molecule has 86 valence electrons. The normalized spacial score (nSPS) is 10.8. The molecular weight excluding hydrogens is 231 g/mol. The molecule has 0 spiro atoms. The standard InChI is InChI=1S/C11H11FO3S/c1-3-6-16(13,14)8-9-7-10(12)4-5-11(9)15-2/h1,4-5,7H,6,8H2,2H3. The number of methoxy groups -OCH3 is 1. The van der Waals surface area contributed by atoms with E-state index in [1.807, 2.05) is 0 Å². The Morgan fingerprint density at radius 1 is 1.50 bits per heavy atom. The van der Waals surface area contributed by atoms with Crippen LogP contribution in [0.15, 0.2) is 18.2 Å². The summed E-state index contributed by atoms with van der Waals surface area (Å²) in [7, 11) is -2.02. The van der Waals surface area contributed by atoms with Gasteiger partial charge in [0, 0.05) is 5.56 Å². The van der Waals surface area contributed by atoms with Gasteiger partial charge in [0.15, 0.2) is 9.84 Å². The van der Waals surface area contributed by atoms with Crippen LogP contribution in [0.2, 0.25) is 0 Å². The van der Waals surface area contributed by atoms with Gasteiger partial charge in [0.25, 0.3) is 0 Å². The third kappa shape index (κ3) is 3.24. The molecule has 0 atom stereocenters. The van der Waals surface area contributed by atoms with Crippen molar-refractivity contribution in [2.24, 2.45) is 0 Å². The first-order valence-corrected chi connectivity index (χ1v) is 6.27. The summed E-state index contributed by atoms with van der Waals surface area (Å²) in [6.45, 7) is 0. The number of rotatable bonds is 4. The Morgan fingerprint density at radius 2 is 2.19 bits per heavy atom. The Kier molecular flexibility index (Phi) is 3.91. The van der Waals surface area contributed by atoms with Gasteiger partial charge in [-0.2, -0.15) is 0 Å². The summed E-state index contributed by atoms with van der Waals surface area (Å²) >= 11 is 0. The molecule has 0 N–H and O–H groups in total. The van der Waals surface area contributed by atoms with Crippen molar-refractivity contribution in [3.05, 3.63) is 29.6 Å². The van der Waals surface area contributed by atoms with Gasteiger partial charge in [0.05, 0.1) is 12.9 Å². The minimum Gasteiger partial charge on any atom is -0.496 e. The van der Waals surface area contributed by atoms with Crippen molar-refractivity contribution < 1.29 is 17.5 Å². The predicted molar refractivity (Wildman–Crippen MR) is 59.3 cm³/mol. The molecule has 0 unspecified atom stereocenters. The monoisotopic (exact) mass is 242 g/mol. The van der Waals surface area contributed by atoms with Crippen molar-refractivity contribution in [2.45, 2.75) is 5.75 Å². The lowest BCUT2D eigenvalue weighted by Gasteiger charge is -2.07. The van der Waals surface area contributed by atoms with Crippen LogP contribution < -0.4 is 4.74 Å². The fourth-order valence-electron chi connectivity index (χ4n) is 1.27. The fourth-order valence-corrected chi connectivity index (χ4v) is 2.33. The molecule has 0 saturated heterocycles. The lowest BCUT2D eigenvalue weighted by Crippen LogP contribution is -2.09. The van der Waals surface area contributed by atoms with Gasteiger partial charge in [-0.25, -0.2) is 12.8 Å². The third-order valence-electron chi connectivity index (χ3n) is 1.92. The molecule has 1 rings (SSSR count). The van der Waals surface area contributed by atoms with Crippen LogP contribution >= 0.6 is 0 Å². The van der Waals surface area contributed by atoms with Crippen LogP contribution in [0.25, 0.3) is 0 Å². The number of halogens is 1. The molecule has 3 nitrogen and oxygen atoms in total. The van der Waals surface area contributed by atoms with Crippen LogP contribution in [-0.2, 0) is 15.6 Å². The Balaban J connectivity index is 3.06. The van der Waals surface area contributed by atoms with E-state index in [2.05, 4.69) is 5.92 Å². The van der Waals surface area contributed by atoms with Gasteiger partial charge < -0.3 is 4.74 Å². The first-order valence-electron chi connectivity index (χ1n) is 4.45. The molecule has 0 fully saturated rings. The average Bonchev–Trinajstić information content (AvgIpc) is 2.17. The second kappa shape index (κ2) is 4.99. The van der Waals surface area contributed by atoms with E-state index in [-0.39, 0.29) is 17.1 Å².